The van der Waals surface area contributed by atoms with E-state index in [1.165, 1.54) is 24.8 Å². The van der Waals surface area contributed by atoms with Crippen molar-refractivity contribution in [2.75, 3.05) is 0 Å². The first-order chi connectivity index (χ1) is 7.20. The van der Waals surface area contributed by atoms with Crippen LogP contribution in [0.1, 0.15) is 43.3 Å². The minimum Gasteiger partial charge on any atom is -0.466 e. The zero-order valence-corrected chi connectivity index (χ0v) is 9.97. The molecule has 1 aliphatic carbocycles. The maximum atomic E-state index is 5.52. The van der Waals surface area contributed by atoms with Gasteiger partial charge in [0.05, 0.1) is 0 Å². The molecule has 0 amide bonds. The molecule has 1 N–H and O–H groups in total. The summed E-state index contributed by atoms with van der Waals surface area (Å²) in [5.74, 6) is 3.01. The van der Waals surface area contributed by atoms with E-state index in [1.54, 1.807) is 0 Å². The second kappa shape index (κ2) is 4.40. The number of furan rings is 1. The first kappa shape index (κ1) is 10.7. The van der Waals surface area contributed by atoms with E-state index in [1.807, 2.05) is 13.8 Å². The van der Waals surface area contributed by atoms with E-state index in [2.05, 4.69) is 18.3 Å². The van der Waals surface area contributed by atoms with Crippen LogP contribution >= 0.6 is 0 Å². The third-order valence-corrected chi connectivity index (χ3v) is 3.33. The van der Waals surface area contributed by atoms with Crippen molar-refractivity contribution in [3.63, 3.8) is 0 Å². The number of aryl methyl sites for hydroxylation is 2. The third kappa shape index (κ3) is 2.63. The van der Waals surface area contributed by atoms with E-state index in [0.29, 0.717) is 6.04 Å². The highest BCUT2D eigenvalue weighted by Gasteiger charge is 2.29. The standard InChI is InChI=1S/C13H21NO/c1-4-13(11-5-6-11)14-8-12-7-9(2)15-10(12)3/h7,11,13-14H,4-6,8H2,1-3H3. The van der Waals surface area contributed by atoms with Crippen molar-refractivity contribution >= 4 is 0 Å². The molecule has 0 aromatic carbocycles. The van der Waals surface area contributed by atoms with E-state index in [4.69, 9.17) is 4.42 Å². The highest BCUT2D eigenvalue weighted by atomic mass is 16.3. The van der Waals surface area contributed by atoms with Crippen LogP contribution in [-0.2, 0) is 6.54 Å². The predicted molar refractivity (Wildman–Crippen MR) is 61.8 cm³/mol. The molecule has 84 valence electrons. The van der Waals surface area contributed by atoms with Gasteiger partial charge < -0.3 is 9.73 Å². The molecule has 15 heavy (non-hydrogen) atoms. The smallest absolute Gasteiger partial charge is 0.105 e. The topological polar surface area (TPSA) is 25.2 Å². The van der Waals surface area contributed by atoms with Gasteiger partial charge in [-0.2, -0.15) is 0 Å². The Balaban J connectivity index is 1.88. The SMILES string of the molecule is CCC(NCc1cc(C)oc1C)C1CC1. The summed E-state index contributed by atoms with van der Waals surface area (Å²) in [4.78, 5) is 0. The quantitative estimate of drug-likeness (QED) is 0.802. The van der Waals surface area contributed by atoms with E-state index in [0.717, 1.165) is 24.0 Å². The molecule has 1 unspecified atom stereocenters. The summed E-state index contributed by atoms with van der Waals surface area (Å²) >= 11 is 0. The molecule has 0 bridgehead atoms. The van der Waals surface area contributed by atoms with Crippen LogP contribution in [-0.4, -0.2) is 6.04 Å². The fraction of sp³-hybridized carbons (Fsp3) is 0.692. The molecule has 1 saturated carbocycles. The molecule has 0 spiro atoms. The summed E-state index contributed by atoms with van der Waals surface area (Å²) in [5, 5.41) is 3.64. The fourth-order valence-electron chi connectivity index (χ4n) is 2.24. The van der Waals surface area contributed by atoms with Crippen molar-refractivity contribution < 1.29 is 4.42 Å². The number of nitrogens with one attached hydrogen (secondary N) is 1. The zero-order chi connectivity index (χ0) is 10.8. The predicted octanol–water partition coefficient (Wildman–Crippen LogP) is 3.17. The van der Waals surface area contributed by atoms with Gasteiger partial charge in [0.25, 0.3) is 0 Å². The van der Waals surface area contributed by atoms with Crippen molar-refractivity contribution in [2.24, 2.45) is 5.92 Å². The lowest BCUT2D eigenvalue weighted by Gasteiger charge is -2.15. The molecule has 1 aliphatic rings. The second-order valence-corrected chi connectivity index (χ2v) is 4.67. The minimum atomic E-state index is 0.708. The van der Waals surface area contributed by atoms with Gasteiger partial charge in [-0.05, 0) is 45.1 Å². The average Bonchev–Trinajstić information content (AvgIpc) is 2.96. The Kier molecular flexibility index (Phi) is 3.15. The summed E-state index contributed by atoms with van der Waals surface area (Å²) in [5.41, 5.74) is 1.31. The monoisotopic (exact) mass is 207 g/mol. The van der Waals surface area contributed by atoms with Crippen molar-refractivity contribution in [1.29, 1.82) is 0 Å². The molecule has 2 heteroatoms. The summed E-state index contributed by atoms with van der Waals surface area (Å²) < 4.78 is 5.52. The molecule has 2 nitrogen and oxygen atoms in total. The van der Waals surface area contributed by atoms with Crippen LogP contribution in [0.2, 0.25) is 0 Å². The first-order valence-corrected chi connectivity index (χ1v) is 6.00. The van der Waals surface area contributed by atoms with Gasteiger partial charge in [-0.25, -0.2) is 0 Å². The van der Waals surface area contributed by atoms with Crippen LogP contribution in [0.5, 0.6) is 0 Å². The average molecular weight is 207 g/mol. The van der Waals surface area contributed by atoms with Gasteiger partial charge in [0, 0.05) is 18.2 Å². The molecule has 1 heterocycles. The van der Waals surface area contributed by atoms with Gasteiger partial charge in [0.2, 0.25) is 0 Å². The lowest BCUT2D eigenvalue weighted by atomic mass is 10.1. The summed E-state index contributed by atoms with van der Waals surface area (Å²) in [6.07, 6.45) is 4.06. The number of rotatable bonds is 5. The molecule has 1 aromatic heterocycles. The summed E-state index contributed by atoms with van der Waals surface area (Å²) in [6.45, 7) is 7.28. The molecule has 2 rings (SSSR count). The van der Waals surface area contributed by atoms with E-state index in [9.17, 15) is 0 Å². The molecular formula is C13H21NO. The Morgan fingerprint density at radius 1 is 1.47 bits per heavy atom. The van der Waals surface area contributed by atoms with Crippen LogP contribution in [0.4, 0.5) is 0 Å². The summed E-state index contributed by atoms with van der Waals surface area (Å²) in [6, 6.07) is 2.85. The number of hydrogen-bond acceptors (Lipinski definition) is 2. The molecule has 1 atom stereocenters. The van der Waals surface area contributed by atoms with Crippen LogP contribution in [0.15, 0.2) is 10.5 Å². The van der Waals surface area contributed by atoms with Crippen LogP contribution in [0.25, 0.3) is 0 Å². The normalized spacial score (nSPS) is 18.1. The van der Waals surface area contributed by atoms with Gasteiger partial charge in [-0.3, -0.25) is 0 Å². The van der Waals surface area contributed by atoms with Crippen molar-refractivity contribution in [1.82, 2.24) is 5.32 Å². The first-order valence-electron chi connectivity index (χ1n) is 6.00. The van der Waals surface area contributed by atoms with Crippen LogP contribution in [0, 0.1) is 19.8 Å². The second-order valence-electron chi connectivity index (χ2n) is 4.67. The van der Waals surface area contributed by atoms with Gasteiger partial charge in [-0.15, -0.1) is 0 Å². The lowest BCUT2D eigenvalue weighted by molar-refractivity contribution is 0.443. The van der Waals surface area contributed by atoms with E-state index < -0.39 is 0 Å². The molecule has 1 aromatic rings. The highest BCUT2D eigenvalue weighted by Crippen LogP contribution is 2.34. The highest BCUT2D eigenvalue weighted by molar-refractivity contribution is 5.19. The van der Waals surface area contributed by atoms with Crippen molar-refractivity contribution in [2.45, 2.75) is 52.6 Å². The molecule has 0 saturated heterocycles. The Labute approximate surface area is 92.1 Å². The molecule has 0 aliphatic heterocycles. The maximum Gasteiger partial charge on any atom is 0.105 e. The molecule has 0 radical (unpaired) electrons. The Morgan fingerprint density at radius 2 is 2.20 bits per heavy atom. The third-order valence-electron chi connectivity index (χ3n) is 3.33. The Morgan fingerprint density at radius 3 is 2.67 bits per heavy atom. The van der Waals surface area contributed by atoms with E-state index >= 15 is 0 Å². The Hall–Kier alpha value is -0.760. The van der Waals surface area contributed by atoms with Gasteiger partial charge >= 0.3 is 0 Å². The van der Waals surface area contributed by atoms with Crippen LogP contribution < -0.4 is 5.32 Å². The fourth-order valence-corrected chi connectivity index (χ4v) is 2.24. The minimum absolute atomic E-state index is 0.708. The maximum absolute atomic E-state index is 5.52. The van der Waals surface area contributed by atoms with Crippen molar-refractivity contribution in [3.8, 4) is 0 Å². The lowest BCUT2D eigenvalue weighted by Crippen LogP contribution is -2.29. The van der Waals surface area contributed by atoms with E-state index in [-0.39, 0.29) is 0 Å². The van der Waals surface area contributed by atoms with Gasteiger partial charge in [-0.1, -0.05) is 6.92 Å². The largest absolute Gasteiger partial charge is 0.466 e. The van der Waals surface area contributed by atoms with Gasteiger partial charge in [0.1, 0.15) is 11.5 Å². The summed E-state index contributed by atoms with van der Waals surface area (Å²) in [7, 11) is 0. The van der Waals surface area contributed by atoms with Gasteiger partial charge in [0.15, 0.2) is 0 Å². The number of hydrogen-bond donors (Lipinski definition) is 1. The van der Waals surface area contributed by atoms with Crippen LogP contribution in [0.3, 0.4) is 0 Å². The molecular weight excluding hydrogens is 186 g/mol. The van der Waals surface area contributed by atoms with Crippen molar-refractivity contribution in [3.05, 3.63) is 23.2 Å². The Bertz CT molecular complexity index is 325. The zero-order valence-electron chi connectivity index (χ0n) is 9.97. The molecule has 1 fully saturated rings.